The van der Waals surface area contributed by atoms with E-state index >= 15 is 0 Å². The van der Waals surface area contributed by atoms with Crippen LogP contribution in [0.3, 0.4) is 0 Å². The van der Waals surface area contributed by atoms with Crippen LogP contribution in [-0.2, 0) is 19.6 Å². The van der Waals surface area contributed by atoms with Crippen molar-refractivity contribution >= 4 is 33.4 Å². The fourth-order valence-electron chi connectivity index (χ4n) is 3.45. The Hall–Kier alpha value is -3.75. The van der Waals surface area contributed by atoms with Gasteiger partial charge in [-0.25, -0.2) is 17.6 Å². The average Bonchev–Trinajstić information content (AvgIpc) is 2.82. The molecule has 0 saturated heterocycles. The van der Waals surface area contributed by atoms with E-state index in [0.717, 1.165) is 22.5 Å². The Bertz CT molecular complexity index is 1350. The third kappa shape index (κ3) is 6.82. The van der Waals surface area contributed by atoms with E-state index in [4.69, 9.17) is 9.47 Å². The maximum Gasteiger partial charge on any atom is 0.427 e. The Balaban J connectivity index is 1.99. The lowest BCUT2D eigenvalue weighted by molar-refractivity contribution is -0.242. The van der Waals surface area contributed by atoms with E-state index in [1.807, 2.05) is 0 Å². The van der Waals surface area contributed by atoms with Gasteiger partial charge in [0.2, 0.25) is 11.5 Å². The van der Waals surface area contributed by atoms with Crippen LogP contribution in [0.2, 0.25) is 0 Å². The molecule has 2 aromatic rings. The van der Waals surface area contributed by atoms with Crippen LogP contribution < -0.4 is 24.4 Å². The van der Waals surface area contributed by atoms with Crippen LogP contribution >= 0.6 is 0 Å². The van der Waals surface area contributed by atoms with E-state index in [1.54, 1.807) is 6.92 Å². The third-order valence-corrected chi connectivity index (χ3v) is 7.31. The van der Waals surface area contributed by atoms with Gasteiger partial charge < -0.3 is 19.5 Å². The number of sulfonamides is 1. The number of carbonyl (C=O) groups excluding carboxylic acids is 2. The zero-order valence-corrected chi connectivity index (χ0v) is 22.2. The summed E-state index contributed by atoms with van der Waals surface area (Å²) in [5.74, 6) is -1.39. The molecule has 1 atom stereocenters. The van der Waals surface area contributed by atoms with E-state index < -0.39 is 39.8 Å². The van der Waals surface area contributed by atoms with Crippen molar-refractivity contribution in [2.75, 3.05) is 29.3 Å². The lowest BCUT2D eigenvalue weighted by atomic mass is 10.1. The number of nitrogens with zero attached hydrogens (tertiary/aromatic N) is 1. The van der Waals surface area contributed by atoms with Gasteiger partial charge in [-0.05, 0) is 51.1 Å². The molecular formula is C24H27F4N3O7S. The largest absolute Gasteiger partial charge is 0.491 e. The summed E-state index contributed by atoms with van der Waals surface area (Å²) in [7, 11) is -4.40. The van der Waals surface area contributed by atoms with Crippen LogP contribution in [0.25, 0.3) is 0 Å². The van der Waals surface area contributed by atoms with Crippen molar-refractivity contribution < 1.29 is 49.8 Å². The molecular weight excluding hydrogens is 550 g/mol. The number of hydrogen-bond acceptors (Lipinski definition) is 7. The topological polar surface area (TPSA) is 123 Å². The van der Waals surface area contributed by atoms with E-state index in [1.165, 1.54) is 25.1 Å². The van der Waals surface area contributed by atoms with Gasteiger partial charge in [-0.15, -0.1) is 0 Å². The minimum absolute atomic E-state index is 0.0434. The quantitative estimate of drug-likeness (QED) is 0.451. The summed E-state index contributed by atoms with van der Waals surface area (Å²) >= 11 is 0. The summed E-state index contributed by atoms with van der Waals surface area (Å²) in [5.41, 5.74) is -2.94. The fraction of sp³-hybridized carbons (Fsp3) is 0.417. The van der Waals surface area contributed by atoms with Gasteiger partial charge in [-0.3, -0.25) is 14.4 Å². The lowest BCUT2D eigenvalue weighted by Gasteiger charge is -2.36. The highest BCUT2D eigenvalue weighted by Crippen LogP contribution is 2.40. The van der Waals surface area contributed by atoms with Crippen molar-refractivity contribution in [3.8, 4) is 11.5 Å². The first kappa shape index (κ1) is 29.8. The van der Waals surface area contributed by atoms with Crippen LogP contribution in [0.4, 0.5) is 33.7 Å². The number of carbonyl (C=O) groups is 2. The molecule has 2 aromatic carbocycles. The lowest BCUT2D eigenvalue weighted by Crippen LogP contribution is -2.48. The van der Waals surface area contributed by atoms with Crippen molar-refractivity contribution in [2.45, 2.75) is 50.5 Å². The highest BCUT2D eigenvalue weighted by atomic mass is 32.2. The third-order valence-electron chi connectivity index (χ3n) is 5.54. The molecule has 3 rings (SSSR count). The van der Waals surface area contributed by atoms with Gasteiger partial charge in [0.1, 0.15) is 11.9 Å². The molecule has 1 unspecified atom stereocenters. The fourth-order valence-corrected chi connectivity index (χ4v) is 4.97. The molecule has 214 valence electrons. The summed E-state index contributed by atoms with van der Waals surface area (Å²) in [4.78, 5) is 23.3. The molecule has 0 aliphatic carbocycles. The number of halogens is 4. The summed E-state index contributed by atoms with van der Waals surface area (Å²) in [5, 5.41) is 4.69. The summed E-state index contributed by atoms with van der Waals surface area (Å²) in [6, 6.07) is 6.76. The molecule has 0 radical (unpaired) electrons. The first-order valence-electron chi connectivity index (χ1n) is 11.6. The molecule has 0 spiro atoms. The number of fused-ring (bicyclic) bond motifs is 1. The molecule has 1 aliphatic rings. The first-order chi connectivity index (χ1) is 18.0. The van der Waals surface area contributed by atoms with Gasteiger partial charge >= 0.3 is 12.3 Å². The van der Waals surface area contributed by atoms with E-state index in [-0.39, 0.29) is 53.4 Å². The number of nitrogens with one attached hydrogen (secondary N) is 2. The van der Waals surface area contributed by atoms with Gasteiger partial charge in [-0.1, -0.05) is 0 Å². The molecule has 39 heavy (non-hydrogen) atoms. The summed E-state index contributed by atoms with van der Waals surface area (Å²) in [6.45, 7) is 3.96. The SMILES string of the molecule is CCOc1cc(S(=O)(=O)N2CC(CNC(C)=O)Oc3ccc(NC(=O)OC(C)(C)C(F)(F)F)cc32)ccc1F. The Morgan fingerprint density at radius 3 is 2.46 bits per heavy atom. The summed E-state index contributed by atoms with van der Waals surface area (Å²) < 4.78 is 97.2. The molecule has 0 saturated carbocycles. The molecule has 15 heteroatoms. The van der Waals surface area contributed by atoms with Crippen LogP contribution in [0, 0.1) is 5.82 Å². The van der Waals surface area contributed by atoms with Crippen LogP contribution in [0.5, 0.6) is 11.5 Å². The number of amides is 2. The van der Waals surface area contributed by atoms with Gasteiger partial charge in [0.25, 0.3) is 10.0 Å². The maximum atomic E-state index is 14.1. The number of benzene rings is 2. The van der Waals surface area contributed by atoms with Crippen LogP contribution in [-0.4, -0.2) is 58.0 Å². The summed E-state index contributed by atoms with van der Waals surface area (Å²) in [6.07, 6.45) is -7.09. The maximum absolute atomic E-state index is 14.1. The molecule has 0 aromatic heterocycles. The second-order valence-electron chi connectivity index (χ2n) is 8.94. The standard InChI is InChI=1S/C24H27F4N3O7S/c1-5-36-21-11-17(7-8-18(21)25)39(34,35)31-13-16(12-29-14(2)32)37-20-9-6-15(10-19(20)31)30-22(33)38-23(3,4)24(26,27)28/h6-11,16H,5,12-13H2,1-4H3,(H,29,32)(H,30,33). The molecule has 10 nitrogen and oxygen atoms in total. The van der Waals surface area contributed by atoms with E-state index in [9.17, 15) is 35.6 Å². The second kappa shape index (κ2) is 11.2. The van der Waals surface area contributed by atoms with Crippen LogP contribution in [0.15, 0.2) is 41.3 Å². The highest BCUT2D eigenvalue weighted by molar-refractivity contribution is 7.92. The Labute approximate surface area is 222 Å². The normalized spacial score (nSPS) is 15.6. The second-order valence-corrected chi connectivity index (χ2v) is 10.8. The zero-order valence-electron chi connectivity index (χ0n) is 21.4. The number of hydrogen-bond donors (Lipinski definition) is 2. The van der Waals surface area contributed by atoms with Crippen molar-refractivity contribution in [1.29, 1.82) is 0 Å². The van der Waals surface area contributed by atoms with Gasteiger partial charge in [0.15, 0.2) is 11.6 Å². The Kier molecular flexibility index (Phi) is 8.53. The Morgan fingerprint density at radius 1 is 1.15 bits per heavy atom. The van der Waals surface area contributed by atoms with Crippen LogP contribution in [0.1, 0.15) is 27.7 Å². The smallest absolute Gasteiger partial charge is 0.427 e. The number of ether oxygens (including phenoxy) is 3. The van der Waals surface area contributed by atoms with E-state index in [0.29, 0.717) is 13.8 Å². The van der Waals surface area contributed by atoms with Gasteiger partial charge in [0.05, 0.1) is 30.3 Å². The molecule has 1 aliphatic heterocycles. The van der Waals surface area contributed by atoms with Gasteiger partial charge in [0, 0.05) is 18.7 Å². The van der Waals surface area contributed by atoms with Gasteiger partial charge in [-0.2, -0.15) is 13.2 Å². The van der Waals surface area contributed by atoms with Crippen molar-refractivity contribution in [3.05, 3.63) is 42.2 Å². The van der Waals surface area contributed by atoms with Crippen molar-refractivity contribution in [3.63, 3.8) is 0 Å². The number of rotatable bonds is 8. The van der Waals surface area contributed by atoms with Crippen molar-refractivity contribution in [2.24, 2.45) is 0 Å². The number of alkyl halides is 3. The predicted molar refractivity (Wildman–Crippen MR) is 132 cm³/mol. The monoisotopic (exact) mass is 577 g/mol. The minimum Gasteiger partial charge on any atom is -0.491 e. The zero-order chi connectivity index (χ0) is 29.2. The minimum atomic E-state index is -4.84. The average molecular weight is 578 g/mol. The van der Waals surface area contributed by atoms with E-state index in [2.05, 4.69) is 15.4 Å². The number of anilines is 2. The predicted octanol–water partition coefficient (Wildman–Crippen LogP) is 4.21. The highest BCUT2D eigenvalue weighted by Gasteiger charge is 2.51. The molecule has 2 N–H and O–H groups in total. The molecule has 0 fully saturated rings. The molecule has 1 heterocycles. The first-order valence-corrected chi connectivity index (χ1v) is 13.1. The van der Waals surface area contributed by atoms with Crippen molar-refractivity contribution in [1.82, 2.24) is 5.32 Å². The Morgan fingerprint density at radius 2 is 1.85 bits per heavy atom. The molecule has 0 bridgehead atoms. The molecule has 2 amide bonds.